The van der Waals surface area contributed by atoms with E-state index in [-0.39, 0.29) is 11.7 Å². The molecule has 108 valence electrons. The molecule has 2 aromatic rings. The summed E-state index contributed by atoms with van der Waals surface area (Å²) in [4.78, 5) is 23.9. The van der Waals surface area contributed by atoms with Crippen molar-refractivity contribution in [3.05, 3.63) is 60.2 Å². The van der Waals surface area contributed by atoms with Crippen molar-refractivity contribution < 1.29 is 14.7 Å². The fourth-order valence-corrected chi connectivity index (χ4v) is 1.76. The molecule has 1 unspecified atom stereocenters. The van der Waals surface area contributed by atoms with E-state index in [0.29, 0.717) is 11.3 Å². The Labute approximate surface area is 122 Å². The molecule has 0 spiro atoms. The molecule has 5 nitrogen and oxygen atoms in total. The Morgan fingerprint density at radius 1 is 1.00 bits per heavy atom. The number of phenolic OH excluding ortho intramolecular Hbond substituents is 1. The molecule has 0 saturated heterocycles. The number of carbonyl (C=O) groups is 2. The highest BCUT2D eigenvalue weighted by molar-refractivity contribution is 6.01. The number of aromatic hydroxyl groups is 1. The maximum absolute atomic E-state index is 12.0. The van der Waals surface area contributed by atoms with Gasteiger partial charge in [-0.3, -0.25) is 9.59 Å². The van der Waals surface area contributed by atoms with Gasteiger partial charge in [-0.15, -0.1) is 0 Å². The molecule has 1 atom stereocenters. The number of para-hydroxylation sites is 2. The molecule has 2 rings (SSSR count). The molecule has 0 aliphatic carbocycles. The molecule has 0 radical (unpaired) electrons. The van der Waals surface area contributed by atoms with E-state index in [1.54, 1.807) is 49.4 Å². The summed E-state index contributed by atoms with van der Waals surface area (Å²) in [5.41, 5.74) is 0.794. The second-order valence-corrected chi connectivity index (χ2v) is 4.57. The molecule has 2 aromatic carbocycles. The van der Waals surface area contributed by atoms with E-state index < -0.39 is 11.9 Å². The largest absolute Gasteiger partial charge is 0.506 e. The molecule has 5 heteroatoms. The van der Waals surface area contributed by atoms with Crippen LogP contribution in [0, 0.1) is 0 Å². The Hall–Kier alpha value is -2.82. The van der Waals surface area contributed by atoms with Crippen molar-refractivity contribution in [2.24, 2.45) is 0 Å². The lowest BCUT2D eigenvalue weighted by Crippen LogP contribution is -2.41. The van der Waals surface area contributed by atoms with Gasteiger partial charge in [0.1, 0.15) is 11.8 Å². The van der Waals surface area contributed by atoms with Crippen LogP contribution in [-0.2, 0) is 4.79 Å². The first kappa shape index (κ1) is 14.6. The average molecular weight is 284 g/mol. The molecule has 0 fully saturated rings. The van der Waals surface area contributed by atoms with Crippen molar-refractivity contribution in [3.63, 3.8) is 0 Å². The van der Waals surface area contributed by atoms with E-state index in [2.05, 4.69) is 10.6 Å². The molecule has 3 N–H and O–H groups in total. The molecule has 0 aliphatic heterocycles. The summed E-state index contributed by atoms with van der Waals surface area (Å²) in [6.45, 7) is 1.58. The summed E-state index contributed by atoms with van der Waals surface area (Å²) in [6, 6.07) is 14.3. The second kappa shape index (κ2) is 6.56. The van der Waals surface area contributed by atoms with Gasteiger partial charge >= 0.3 is 0 Å². The highest BCUT2D eigenvalue weighted by Crippen LogP contribution is 2.21. The number of phenols is 1. The maximum Gasteiger partial charge on any atom is 0.251 e. The minimum atomic E-state index is -0.725. The maximum atomic E-state index is 12.0. The van der Waals surface area contributed by atoms with E-state index in [1.807, 2.05) is 6.07 Å². The summed E-state index contributed by atoms with van der Waals surface area (Å²) in [7, 11) is 0. The summed E-state index contributed by atoms with van der Waals surface area (Å²) < 4.78 is 0. The fourth-order valence-electron chi connectivity index (χ4n) is 1.76. The van der Waals surface area contributed by atoms with Gasteiger partial charge in [-0.2, -0.15) is 0 Å². The van der Waals surface area contributed by atoms with Gasteiger partial charge in [-0.05, 0) is 31.2 Å². The van der Waals surface area contributed by atoms with Crippen LogP contribution in [0.2, 0.25) is 0 Å². The number of rotatable bonds is 4. The average Bonchev–Trinajstić information content (AvgIpc) is 2.50. The zero-order chi connectivity index (χ0) is 15.2. The highest BCUT2D eigenvalue weighted by Gasteiger charge is 2.17. The third-order valence-electron chi connectivity index (χ3n) is 2.94. The molecule has 0 saturated carbocycles. The molecule has 0 heterocycles. The van der Waals surface area contributed by atoms with Crippen molar-refractivity contribution >= 4 is 17.5 Å². The zero-order valence-electron chi connectivity index (χ0n) is 11.5. The number of carbonyl (C=O) groups excluding carboxylic acids is 2. The molecule has 0 aromatic heterocycles. The van der Waals surface area contributed by atoms with Gasteiger partial charge in [0.15, 0.2) is 0 Å². The van der Waals surface area contributed by atoms with Crippen LogP contribution in [0.5, 0.6) is 5.75 Å². The molecule has 0 aliphatic rings. The number of nitrogens with one attached hydrogen (secondary N) is 2. The lowest BCUT2D eigenvalue weighted by atomic mass is 10.2. The first-order chi connectivity index (χ1) is 10.1. The van der Waals surface area contributed by atoms with Gasteiger partial charge in [0.25, 0.3) is 5.91 Å². The van der Waals surface area contributed by atoms with Gasteiger partial charge in [0.2, 0.25) is 5.91 Å². The molecular weight excluding hydrogens is 268 g/mol. The SMILES string of the molecule is CC(NC(=O)c1ccccc1)C(=O)Nc1ccccc1O. The zero-order valence-corrected chi connectivity index (χ0v) is 11.5. The minimum Gasteiger partial charge on any atom is -0.506 e. The van der Waals surface area contributed by atoms with E-state index in [1.165, 1.54) is 6.07 Å². The summed E-state index contributed by atoms with van der Waals surface area (Å²) in [5.74, 6) is -0.747. The first-order valence-corrected chi connectivity index (χ1v) is 6.52. The van der Waals surface area contributed by atoms with Crippen LogP contribution in [-0.4, -0.2) is 23.0 Å². The van der Waals surface area contributed by atoms with Crippen molar-refractivity contribution in [1.29, 1.82) is 0 Å². The number of anilines is 1. The number of amides is 2. The Morgan fingerprint density at radius 3 is 2.29 bits per heavy atom. The van der Waals surface area contributed by atoms with E-state index in [0.717, 1.165) is 0 Å². The van der Waals surface area contributed by atoms with E-state index >= 15 is 0 Å². The number of benzene rings is 2. The van der Waals surface area contributed by atoms with Gasteiger partial charge < -0.3 is 15.7 Å². The van der Waals surface area contributed by atoms with Gasteiger partial charge in [0.05, 0.1) is 5.69 Å². The first-order valence-electron chi connectivity index (χ1n) is 6.52. The van der Waals surface area contributed by atoms with Crippen LogP contribution < -0.4 is 10.6 Å². The van der Waals surface area contributed by atoms with Crippen LogP contribution >= 0.6 is 0 Å². The molecule has 2 amide bonds. The lowest BCUT2D eigenvalue weighted by Gasteiger charge is -2.14. The highest BCUT2D eigenvalue weighted by atomic mass is 16.3. The predicted molar refractivity (Wildman–Crippen MR) is 80.1 cm³/mol. The monoisotopic (exact) mass is 284 g/mol. The van der Waals surface area contributed by atoms with Crippen LogP contribution in [0.3, 0.4) is 0 Å². The second-order valence-electron chi connectivity index (χ2n) is 4.57. The van der Waals surface area contributed by atoms with Gasteiger partial charge in [-0.25, -0.2) is 0 Å². The minimum absolute atomic E-state index is 0.0209. The van der Waals surface area contributed by atoms with Crippen LogP contribution in [0.25, 0.3) is 0 Å². The van der Waals surface area contributed by atoms with Gasteiger partial charge in [-0.1, -0.05) is 30.3 Å². The third-order valence-corrected chi connectivity index (χ3v) is 2.94. The molecular formula is C16H16N2O3. The topological polar surface area (TPSA) is 78.4 Å². The quantitative estimate of drug-likeness (QED) is 0.753. The summed E-state index contributed by atoms with van der Waals surface area (Å²) >= 11 is 0. The van der Waals surface area contributed by atoms with Gasteiger partial charge in [0, 0.05) is 5.56 Å². The molecule has 21 heavy (non-hydrogen) atoms. The van der Waals surface area contributed by atoms with E-state index in [9.17, 15) is 14.7 Å². The third kappa shape index (κ3) is 3.82. The molecule has 0 bridgehead atoms. The van der Waals surface area contributed by atoms with Crippen LogP contribution in [0.4, 0.5) is 5.69 Å². The Bertz CT molecular complexity index is 641. The number of hydrogen-bond donors (Lipinski definition) is 3. The van der Waals surface area contributed by atoms with Crippen molar-refractivity contribution in [2.75, 3.05) is 5.32 Å². The Balaban J connectivity index is 1.97. The summed E-state index contributed by atoms with van der Waals surface area (Å²) in [5, 5.41) is 14.8. The smallest absolute Gasteiger partial charge is 0.251 e. The van der Waals surface area contributed by atoms with Crippen molar-refractivity contribution in [3.8, 4) is 5.75 Å². The van der Waals surface area contributed by atoms with Crippen molar-refractivity contribution in [2.45, 2.75) is 13.0 Å². The normalized spacial score (nSPS) is 11.5. The Morgan fingerprint density at radius 2 is 1.62 bits per heavy atom. The van der Waals surface area contributed by atoms with Crippen LogP contribution in [0.1, 0.15) is 17.3 Å². The predicted octanol–water partition coefficient (Wildman–Crippen LogP) is 2.15. The fraction of sp³-hybridized carbons (Fsp3) is 0.125. The summed E-state index contributed by atoms with van der Waals surface area (Å²) in [6.07, 6.45) is 0. The van der Waals surface area contributed by atoms with E-state index in [4.69, 9.17) is 0 Å². The number of hydrogen-bond acceptors (Lipinski definition) is 3. The van der Waals surface area contributed by atoms with Crippen LogP contribution in [0.15, 0.2) is 54.6 Å². The van der Waals surface area contributed by atoms with Crippen molar-refractivity contribution in [1.82, 2.24) is 5.32 Å². The lowest BCUT2D eigenvalue weighted by molar-refractivity contribution is -0.117. The Kier molecular flexibility index (Phi) is 4.56. The standard InChI is InChI=1S/C16H16N2O3/c1-11(17-16(21)12-7-3-2-4-8-12)15(20)18-13-9-5-6-10-14(13)19/h2-11,19H,1H3,(H,17,21)(H,18,20).